The molecule has 4 heteroatoms. The smallest absolute Gasteiger partial charge is 0.310 e. The van der Waals surface area contributed by atoms with Crippen molar-refractivity contribution >= 4 is 33.3 Å². The monoisotopic (exact) mass is 384 g/mol. The van der Waals surface area contributed by atoms with Crippen LogP contribution < -0.4 is 4.74 Å². The number of hydrogen-bond donors (Lipinski definition) is 0. The van der Waals surface area contributed by atoms with Crippen molar-refractivity contribution in [2.75, 3.05) is 13.7 Å². The molecule has 4 rings (SSSR count). The fourth-order valence-corrected chi connectivity index (χ4v) is 3.41. The molecule has 144 valence electrons. The van der Waals surface area contributed by atoms with Crippen LogP contribution in [0.4, 0.5) is 0 Å². The fraction of sp³-hybridized carbons (Fsp3) is 0.120. The summed E-state index contributed by atoms with van der Waals surface area (Å²) in [4.78, 5) is 24.8. The number of esters is 1. The minimum Gasteiger partial charge on any atom is -0.497 e. The molecule has 4 aromatic rings. The molecular formula is C25H20O4. The Morgan fingerprint density at radius 2 is 1.55 bits per heavy atom. The van der Waals surface area contributed by atoms with Gasteiger partial charge in [0.05, 0.1) is 13.5 Å². The number of carbonyl (C=O) groups is 2. The molecule has 0 spiro atoms. The van der Waals surface area contributed by atoms with Gasteiger partial charge < -0.3 is 9.47 Å². The first-order valence-electron chi connectivity index (χ1n) is 9.37. The molecule has 29 heavy (non-hydrogen) atoms. The van der Waals surface area contributed by atoms with E-state index in [1.807, 2.05) is 66.7 Å². The minimum absolute atomic E-state index is 0.131. The number of methoxy groups -OCH3 is 1. The molecule has 4 aromatic carbocycles. The van der Waals surface area contributed by atoms with E-state index >= 15 is 0 Å². The van der Waals surface area contributed by atoms with Crippen LogP contribution in [0.5, 0.6) is 5.75 Å². The summed E-state index contributed by atoms with van der Waals surface area (Å²) < 4.78 is 10.5. The highest BCUT2D eigenvalue weighted by Gasteiger charge is 2.13. The van der Waals surface area contributed by atoms with Gasteiger partial charge >= 0.3 is 5.97 Å². The Hall–Kier alpha value is -3.66. The highest BCUT2D eigenvalue weighted by molar-refractivity contribution is 6.01. The molecule has 0 aliphatic carbocycles. The summed E-state index contributed by atoms with van der Waals surface area (Å²) in [7, 11) is 1.62. The third-order valence-corrected chi connectivity index (χ3v) is 4.95. The molecule has 0 unspecified atom stereocenters. The van der Waals surface area contributed by atoms with E-state index in [2.05, 4.69) is 0 Å². The van der Waals surface area contributed by atoms with E-state index in [-0.39, 0.29) is 18.8 Å². The quantitative estimate of drug-likeness (QED) is 0.348. The topological polar surface area (TPSA) is 52.6 Å². The van der Waals surface area contributed by atoms with Gasteiger partial charge in [-0.05, 0) is 45.3 Å². The number of hydrogen-bond acceptors (Lipinski definition) is 4. The number of benzene rings is 4. The minimum atomic E-state index is -0.416. The lowest BCUT2D eigenvalue weighted by atomic mass is 10.0. The number of Topliss-reactive ketones (excluding diaryl/α,β-unsaturated/α-hetero) is 1. The van der Waals surface area contributed by atoms with Gasteiger partial charge in [0.2, 0.25) is 0 Å². The van der Waals surface area contributed by atoms with Crippen molar-refractivity contribution < 1.29 is 19.1 Å². The van der Waals surface area contributed by atoms with Crippen LogP contribution in [0.2, 0.25) is 0 Å². The average molecular weight is 384 g/mol. The maximum Gasteiger partial charge on any atom is 0.310 e. The summed E-state index contributed by atoms with van der Waals surface area (Å²) in [5, 5.41) is 4.00. The second-order valence-corrected chi connectivity index (χ2v) is 6.83. The number of fused-ring (bicyclic) bond motifs is 2. The van der Waals surface area contributed by atoms with E-state index < -0.39 is 5.97 Å². The Labute approximate surface area is 168 Å². The van der Waals surface area contributed by atoms with Crippen LogP contribution in [0.25, 0.3) is 21.5 Å². The van der Waals surface area contributed by atoms with Crippen LogP contribution in [-0.4, -0.2) is 25.5 Å². The predicted octanol–water partition coefficient (Wildman–Crippen LogP) is 4.97. The van der Waals surface area contributed by atoms with Crippen molar-refractivity contribution in [3.8, 4) is 5.75 Å². The Bertz CT molecular complexity index is 1200. The Balaban J connectivity index is 1.42. The zero-order chi connectivity index (χ0) is 20.2. The van der Waals surface area contributed by atoms with Gasteiger partial charge in [-0.1, -0.05) is 60.7 Å². The molecule has 0 bridgehead atoms. The second kappa shape index (κ2) is 8.15. The Kier molecular flexibility index (Phi) is 5.25. The van der Waals surface area contributed by atoms with Crippen molar-refractivity contribution in [2.24, 2.45) is 0 Å². The third-order valence-electron chi connectivity index (χ3n) is 4.95. The molecule has 0 heterocycles. The molecule has 0 fully saturated rings. The summed E-state index contributed by atoms with van der Waals surface area (Å²) in [5.41, 5.74) is 1.40. The fourth-order valence-electron chi connectivity index (χ4n) is 3.41. The van der Waals surface area contributed by atoms with Crippen LogP contribution >= 0.6 is 0 Å². The van der Waals surface area contributed by atoms with E-state index in [1.165, 1.54) is 0 Å². The summed E-state index contributed by atoms with van der Waals surface area (Å²) in [5.74, 6) is 0.119. The SMILES string of the molecule is COc1ccc2cc(C(=O)COC(=O)Cc3cccc4ccccc34)ccc2c1. The first-order valence-corrected chi connectivity index (χ1v) is 9.37. The average Bonchev–Trinajstić information content (AvgIpc) is 2.77. The van der Waals surface area contributed by atoms with E-state index in [0.717, 1.165) is 32.9 Å². The largest absolute Gasteiger partial charge is 0.497 e. The number of ether oxygens (including phenoxy) is 2. The molecule has 0 atom stereocenters. The normalized spacial score (nSPS) is 10.8. The summed E-state index contributed by atoms with van der Waals surface area (Å²) in [6.45, 7) is -0.273. The molecule has 4 nitrogen and oxygen atoms in total. The maximum atomic E-state index is 12.5. The third kappa shape index (κ3) is 4.11. The molecule has 0 saturated heterocycles. The molecular weight excluding hydrogens is 364 g/mol. The van der Waals surface area contributed by atoms with Crippen LogP contribution in [0, 0.1) is 0 Å². The summed E-state index contributed by atoms with van der Waals surface area (Å²) >= 11 is 0. The molecule has 0 aromatic heterocycles. The van der Waals surface area contributed by atoms with Gasteiger partial charge in [-0.25, -0.2) is 0 Å². The lowest BCUT2D eigenvalue weighted by molar-refractivity contribution is -0.141. The van der Waals surface area contributed by atoms with Crippen molar-refractivity contribution in [3.63, 3.8) is 0 Å². The summed E-state index contributed by atoms with van der Waals surface area (Å²) in [6.07, 6.45) is 0.131. The van der Waals surface area contributed by atoms with Gasteiger partial charge in [-0.15, -0.1) is 0 Å². The molecule has 0 radical (unpaired) electrons. The van der Waals surface area contributed by atoms with E-state index in [4.69, 9.17) is 9.47 Å². The zero-order valence-electron chi connectivity index (χ0n) is 16.1. The second-order valence-electron chi connectivity index (χ2n) is 6.83. The maximum absolute atomic E-state index is 12.5. The van der Waals surface area contributed by atoms with Crippen molar-refractivity contribution in [1.29, 1.82) is 0 Å². The van der Waals surface area contributed by atoms with Crippen molar-refractivity contribution in [2.45, 2.75) is 6.42 Å². The van der Waals surface area contributed by atoms with E-state index in [1.54, 1.807) is 19.2 Å². The van der Waals surface area contributed by atoms with Crippen LogP contribution in [0.3, 0.4) is 0 Å². The van der Waals surface area contributed by atoms with Gasteiger partial charge in [-0.3, -0.25) is 9.59 Å². The first-order chi connectivity index (χ1) is 14.1. The number of carbonyl (C=O) groups excluding carboxylic acids is 2. The van der Waals surface area contributed by atoms with Crippen LogP contribution in [0.1, 0.15) is 15.9 Å². The van der Waals surface area contributed by atoms with Gasteiger partial charge in [0.1, 0.15) is 5.75 Å². The van der Waals surface area contributed by atoms with E-state index in [9.17, 15) is 9.59 Å². The Morgan fingerprint density at radius 3 is 2.41 bits per heavy atom. The molecule has 0 aliphatic rings. The van der Waals surface area contributed by atoms with E-state index in [0.29, 0.717) is 5.56 Å². The van der Waals surface area contributed by atoms with Crippen LogP contribution in [-0.2, 0) is 16.0 Å². The molecule has 0 amide bonds. The van der Waals surface area contributed by atoms with Gasteiger partial charge in [0.25, 0.3) is 0 Å². The van der Waals surface area contributed by atoms with Crippen LogP contribution in [0.15, 0.2) is 78.9 Å². The van der Waals surface area contributed by atoms with Gasteiger partial charge in [0, 0.05) is 5.56 Å². The van der Waals surface area contributed by atoms with Gasteiger partial charge in [-0.2, -0.15) is 0 Å². The first kappa shape index (κ1) is 18.7. The van der Waals surface area contributed by atoms with Gasteiger partial charge in [0.15, 0.2) is 12.4 Å². The number of ketones is 1. The zero-order valence-corrected chi connectivity index (χ0v) is 16.1. The molecule has 0 N–H and O–H groups in total. The highest BCUT2D eigenvalue weighted by Crippen LogP contribution is 2.22. The molecule has 0 aliphatic heterocycles. The van der Waals surface area contributed by atoms with Crippen molar-refractivity contribution in [1.82, 2.24) is 0 Å². The lowest BCUT2D eigenvalue weighted by Crippen LogP contribution is -2.15. The highest BCUT2D eigenvalue weighted by atomic mass is 16.5. The lowest BCUT2D eigenvalue weighted by Gasteiger charge is -2.08. The predicted molar refractivity (Wildman–Crippen MR) is 113 cm³/mol. The Morgan fingerprint density at radius 1 is 0.793 bits per heavy atom. The number of rotatable bonds is 6. The summed E-state index contributed by atoms with van der Waals surface area (Å²) in [6, 6.07) is 24.8. The molecule has 0 saturated carbocycles. The standard InChI is InChI=1S/C25H20O4/c1-28-22-12-11-18-13-21(10-9-19(18)14-22)24(26)16-29-25(27)15-20-7-4-6-17-5-2-3-8-23(17)20/h2-14H,15-16H2,1H3. The van der Waals surface area contributed by atoms with Crippen molar-refractivity contribution in [3.05, 3.63) is 90.0 Å².